The van der Waals surface area contributed by atoms with E-state index in [1.54, 1.807) is 6.34 Å². The van der Waals surface area contributed by atoms with Crippen molar-refractivity contribution in [1.82, 2.24) is 4.90 Å². The fourth-order valence-electron chi connectivity index (χ4n) is 1.11. The SMILES string of the molecule is C#CCN(C)C=Nc1ccc(Cl)cc1C. The molecule has 0 aliphatic carbocycles. The summed E-state index contributed by atoms with van der Waals surface area (Å²) >= 11 is 5.84. The van der Waals surface area contributed by atoms with E-state index >= 15 is 0 Å². The Morgan fingerprint density at radius 2 is 2.33 bits per heavy atom. The van der Waals surface area contributed by atoms with E-state index in [4.69, 9.17) is 18.0 Å². The van der Waals surface area contributed by atoms with E-state index in [0.29, 0.717) is 6.54 Å². The summed E-state index contributed by atoms with van der Waals surface area (Å²) in [6, 6.07) is 5.59. The number of benzene rings is 1. The van der Waals surface area contributed by atoms with Gasteiger partial charge in [0, 0.05) is 12.1 Å². The first-order valence-electron chi connectivity index (χ1n) is 4.57. The summed E-state index contributed by atoms with van der Waals surface area (Å²) in [5.41, 5.74) is 1.95. The highest BCUT2D eigenvalue weighted by molar-refractivity contribution is 6.30. The maximum absolute atomic E-state index is 5.84. The van der Waals surface area contributed by atoms with Gasteiger partial charge in [-0.15, -0.1) is 6.42 Å². The highest BCUT2D eigenvalue weighted by Crippen LogP contribution is 2.21. The molecule has 0 saturated carbocycles. The first-order chi connectivity index (χ1) is 7.13. The number of hydrogen-bond donors (Lipinski definition) is 0. The molecule has 3 heteroatoms. The number of halogens is 1. The number of hydrogen-bond acceptors (Lipinski definition) is 1. The maximum Gasteiger partial charge on any atom is 0.0917 e. The van der Waals surface area contributed by atoms with Crippen LogP contribution in [0.1, 0.15) is 5.56 Å². The van der Waals surface area contributed by atoms with Crippen LogP contribution in [0.2, 0.25) is 5.02 Å². The van der Waals surface area contributed by atoms with Gasteiger partial charge in [-0.25, -0.2) is 4.99 Å². The molecule has 2 nitrogen and oxygen atoms in total. The lowest BCUT2D eigenvalue weighted by Gasteiger charge is -2.08. The third-order valence-electron chi connectivity index (χ3n) is 1.89. The van der Waals surface area contributed by atoms with Crippen molar-refractivity contribution in [3.63, 3.8) is 0 Å². The van der Waals surface area contributed by atoms with E-state index in [-0.39, 0.29) is 0 Å². The van der Waals surface area contributed by atoms with E-state index < -0.39 is 0 Å². The highest BCUT2D eigenvalue weighted by atomic mass is 35.5. The number of rotatable bonds is 3. The molecular weight excluding hydrogens is 208 g/mol. The van der Waals surface area contributed by atoms with Crippen LogP contribution in [0.25, 0.3) is 0 Å². The van der Waals surface area contributed by atoms with Gasteiger partial charge in [0.2, 0.25) is 0 Å². The van der Waals surface area contributed by atoms with Crippen LogP contribution in [0.3, 0.4) is 0 Å². The van der Waals surface area contributed by atoms with Crippen molar-refractivity contribution < 1.29 is 0 Å². The standard InChI is InChI=1S/C12H13ClN2/c1-4-7-15(3)9-14-12-6-5-11(13)8-10(12)2/h1,5-6,8-9H,7H2,2-3H3. The molecule has 78 valence electrons. The first kappa shape index (κ1) is 11.6. The summed E-state index contributed by atoms with van der Waals surface area (Å²) in [5.74, 6) is 2.54. The summed E-state index contributed by atoms with van der Waals surface area (Å²) in [4.78, 5) is 6.15. The van der Waals surface area contributed by atoms with Crippen molar-refractivity contribution >= 4 is 23.6 Å². The Balaban J connectivity index is 2.77. The Morgan fingerprint density at radius 1 is 1.60 bits per heavy atom. The van der Waals surface area contributed by atoms with E-state index in [1.165, 1.54) is 0 Å². The topological polar surface area (TPSA) is 15.6 Å². The third kappa shape index (κ3) is 3.65. The van der Waals surface area contributed by atoms with Gasteiger partial charge in [-0.1, -0.05) is 17.5 Å². The summed E-state index contributed by atoms with van der Waals surface area (Å²) in [7, 11) is 1.88. The summed E-state index contributed by atoms with van der Waals surface area (Å²) in [5, 5.41) is 0.725. The normalized spacial score (nSPS) is 10.3. The summed E-state index contributed by atoms with van der Waals surface area (Å²) < 4.78 is 0. The quantitative estimate of drug-likeness (QED) is 0.435. The van der Waals surface area contributed by atoms with Crippen LogP contribution in [0.4, 0.5) is 5.69 Å². The Hall–Kier alpha value is -1.46. The van der Waals surface area contributed by atoms with E-state index in [0.717, 1.165) is 16.3 Å². The fourth-order valence-corrected chi connectivity index (χ4v) is 1.34. The van der Waals surface area contributed by atoms with Crippen LogP contribution < -0.4 is 0 Å². The third-order valence-corrected chi connectivity index (χ3v) is 2.13. The van der Waals surface area contributed by atoms with E-state index in [2.05, 4.69) is 10.9 Å². The molecule has 1 aromatic carbocycles. The van der Waals surface area contributed by atoms with Crippen LogP contribution in [0.15, 0.2) is 23.2 Å². The maximum atomic E-state index is 5.84. The van der Waals surface area contributed by atoms with Crippen molar-refractivity contribution in [3.8, 4) is 12.3 Å². The lowest BCUT2D eigenvalue weighted by atomic mass is 10.2. The molecule has 0 spiro atoms. The Bertz CT molecular complexity index is 405. The molecule has 0 atom stereocenters. The Kier molecular flexibility index (Phi) is 4.20. The molecule has 0 unspecified atom stereocenters. The number of aryl methyl sites for hydroxylation is 1. The minimum atomic E-state index is 0.552. The van der Waals surface area contributed by atoms with Crippen molar-refractivity contribution in [3.05, 3.63) is 28.8 Å². The number of nitrogens with zero attached hydrogens (tertiary/aromatic N) is 2. The molecule has 0 heterocycles. The molecule has 0 fully saturated rings. The van der Waals surface area contributed by atoms with Crippen molar-refractivity contribution in [2.24, 2.45) is 4.99 Å². The van der Waals surface area contributed by atoms with Crippen molar-refractivity contribution in [2.75, 3.05) is 13.6 Å². The smallest absolute Gasteiger partial charge is 0.0917 e. The van der Waals surface area contributed by atoms with Crippen LogP contribution in [-0.4, -0.2) is 24.8 Å². The molecule has 0 aliphatic heterocycles. The zero-order valence-electron chi connectivity index (χ0n) is 8.87. The zero-order chi connectivity index (χ0) is 11.3. The molecule has 0 saturated heterocycles. The average molecular weight is 221 g/mol. The van der Waals surface area contributed by atoms with Gasteiger partial charge >= 0.3 is 0 Å². The monoisotopic (exact) mass is 220 g/mol. The molecule has 0 amide bonds. The van der Waals surface area contributed by atoms with Crippen molar-refractivity contribution in [2.45, 2.75) is 6.92 Å². The van der Waals surface area contributed by atoms with Gasteiger partial charge in [0.1, 0.15) is 0 Å². The van der Waals surface area contributed by atoms with Crippen LogP contribution >= 0.6 is 11.6 Å². The molecule has 15 heavy (non-hydrogen) atoms. The average Bonchev–Trinajstić information content (AvgIpc) is 2.17. The van der Waals surface area contributed by atoms with Gasteiger partial charge in [0.05, 0.1) is 18.6 Å². The molecule has 0 N–H and O–H groups in total. The van der Waals surface area contributed by atoms with Crippen LogP contribution in [0, 0.1) is 19.3 Å². The highest BCUT2D eigenvalue weighted by Gasteiger charge is 1.96. The largest absolute Gasteiger partial charge is 0.355 e. The molecule has 1 rings (SSSR count). The number of terminal acetylenes is 1. The molecular formula is C12H13ClN2. The minimum Gasteiger partial charge on any atom is -0.355 e. The van der Waals surface area contributed by atoms with Gasteiger partial charge < -0.3 is 4.90 Å². The lowest BCUT2D eigenvalue weighted by Crippen LogP contribution is -2.15. The van der Waals surface area contributed by atoms with Gasteiger partial charge in [-0.2, -0.15) is 0 Å². The van der Waals surface area contributed by atoms with Gasteiger partial charge in [-0.3, -0.25) is 0 Å². The predicted octanol–water partition coefficient (Wildman–Crippen LogP) is 2.87. The van der Waals surface area contributed by atoms with Gasteiger partial charge in [0.15, 0.2) is 0 Å². The molecule has 0 aromatic heterocycles. The summed E-state index contributed by atoms with van der Waals surface area (Å²) in [6.45, 7) is 2.52. The van der Waals surface area contributed by atoms with E-state index in [1.807, 2.05) is 37.1 Å². The molecule has 1 aromatic rings. The second-order valence-electron chi connectivity index (χ2n) is 3.29. The van der Waals surface area contributed by atoms with Crippen LogP contribution in [0.5, 0.6) is 0 Å². The predicted molar refractivity (Wildman–Crippen MR) is 65.8 cm³/mol. The molecule has 0 aliphatic rings. The van der Waals surface area contributed by atoms with Gasteiger partial charge in [0.25, 0.3) is 0 Å². The van der Waals surface area contributed by atoms with Crippen molar-refractivity contribution in [1.29, 1.82) is 0 Å². The fraction of sp³-hybridized carbons (Fsp3) is 0.250. The summed E-state index contributed by atoms with van der Waals surface area (Å²) in [6.07, 6.45) is 6.90. The number of aliphatic imine (C=N–C) groups is 1. The van der Waals surface area contributed by atoms with E-state index in [9.17, 15) is 0 Å². The van der Waals surface area contributed by atoms with Crippen LogP contribution in [-0.2, 0) is 0 Å². The molecule has 0 bridgehead atoms. The zero-order valence-corrected chi connectivity index (χ0v) is 9.62. The Morgan fingerprint density at radius 3 is 2.93 bits per heavy atom. The second-order valence-corrected chi connectivity index (χ2v) is 3.73. The Labute approximate surface area is 95.6 Å². The minimum absolute atomic E-state index is 0.552. The first-order valence-corrected chi connectivity index (χ1v) is 4.95. The lowest BCUT2D eigenvalue weighted by molar-refractivity contribution is 0.591. The molecule has 0 radical (unpaired) electrons. The van der Waals surface area contributed by atoms with Gasteiger partial charge in [-0.05, 0) is 30.7 Å². The second kappa shape index (κ2) is 5.43.